The molecule has 0 bridgehead atoms. The molecule has 3 N–H and O–H groups in total. The van der Waals surface area contributed by atoms with Crippen LogP contribution in [-0.4, -0.2) is 40.9 Å². The minimum atomic E-state index is -1.58. The summed E-state index contributed by atoms with van der Waals surface area (Å²) in [4.78, 5) is 56.4. The summed E-state index contributed by atoms with van der Waals surface area (Å²) in [5, 5.41) is 17.4. The highest BCUT2D eigenvalue weighted by Gasteiger charge is 2.70. The number of rotatable bonds is 5. The van der Waals surface area contributed by atoms with Crippen molar-refractivity contribution in [3.8, 4) is 11.5 Å². The van der Waals surface area contributed by atoms with Crippen LogP contribution in [0.1, 0.15) is 29.9 Å². The summed E-state index contributed by atoms with van der Waals surface area (Å²) in [6.45, 7) is 0. The molecule has 48 heavy (non-hydrogen) atoms. The summed E-state index contributed by atoms with van der Waals surface area (Å²) in [5.41, 5.74) is 3.46. The fourth-order valence-corrected chi connectivity index (χ4v) is 9.11. The average molecular weight is 683 g/mol. The Hall–Kier alpha value is -4.86. The topological polar surface area (TPSA) is 125 Å². The Labute approximate surface area is 285 Å². The second-order valence-corrected chi connectivity index (χ2v) is 13.6. The van der Waals surface area contributed by atoms with Crippen LogP contribution in [0.15, 0.2) is 90.5 Å². The first kappa shape index (κ1) is 30.5. The molecule has 9 nitrogen and oxygen atoms in total. The molecular formula is C37H29Cl2N3O6. The number of hydrogen-bond acceptors (Lipinski definition) is 7. The van der Waals surface area contributed by atoms with Crippen molar-refractivity contribution in [2.24, 2.45) is 23.7 Å². The Morgan fingerprint density at radius 1 is 0.938 bits per heavy atom. The van der Waals surface area contributed by atoms with Crippen LogP contribution in [0.3, 0.4) is 0 Å². The van der Waals surface area contributed by atoms with Gasteiger partial charge in [0.1, 0.15) is 11.5 Å². The number of carbonyl (C=O) groups is 4. The number of methoxy groups -OCH3 is 1. The van der Waals surface area contributed by atoms with E-state index in [9.17, 15) is 19.5 Å². The molecule has 8 rings (SSSR count). The van der Waals surface area contributed by atoms with E-state index in [0.29, 0.717) is 33.0 Å². The number of carbonyl (C=O) groups excluding carboxylic acids is 4. The summed E-state index contributed by atoms with van der Waals surface area (Å²) >= 11 is 12.7. The van der Waals surface area contributed by atoms with Crippen molar-refractivity contribution in [3.63, 3.8) is 0 Å². The largest absolute Gasteiger partial charge is 0.508 e. The smallest absolute Gasteiger partial charge is 0.260 e. The van der Waals surface area contributed by atoms with Crippen LogP contribution in [0, 0.1) is 23.7 Å². The van der Waals surface area contributed by atoms with Crippen molar-refractivity contribution in [2.75, 3.05) is 12.5 Å². The van der Waals surface area contributed by atoms with Gasteiger partial charge < -0.3 is 9.84 Å². The summed E-state index contributed by atoms with van der Waals surface area (Å²) < 4.78 is 5.45. The zero-order valence-corrected chi connectivity index (χ0v) is 27.1. The Balaban J connectivity index is 1.43. The number of ether oxygens (including phenoxy) is 1. The van der Waals surface area contributed by atoms with E-state index in [0.717, 1.165) is 16.0 Å². The lowest BCUT2D eigenvalue weighted by atomic mass is 9.48. The van der Waals surface area contributed by atoms with Gasteiger partial charge in [-0.05, 0) is 71.5 Å². The monoisotopic (exact) mass is 681 g/mol. The minimum absolute atomic E-state index is 0.0478. The van der Waals surface area contributed by atoms with Crippen molar-refractivity contribution in [1.29, 1.82) is 0 Å². The number of hydrogen-bond donors (Lipinski definition) is 3. The lowest BCUT2D eigenvalue weighted by Gasteiger charge is -2.51. The zero-order valence-electron chi connectivity index (χ0n) is 25.6. The van der Waals surface area contributed by atoms with E-state index < -0.39 is 52.7 Å². The summed E-state index contributed by atoms with van der Waals surface area (Å²) in [6.07, 6.45) is 2.35. The van der Waals surface area contributed by atoms with E-state index in [1.165, 1.54) is 6.07 Å². The van der Waals surface area contributed by atoms with E-state index in [-0.39, 0.29) is 29.5 Å². The van der Waals surface area contributed by atoms with E-state index in [1.807, 2.05) is 30.3 Å². The van der Waals surface area contributed by atoms with Gasteiger partial charge in [-0.2, -0.15) is 5.01 Å². The van der Waals surface area contributed by atoms with Gasteiger partial charge in [0.15, 0.2) is 0 Å². The fourth-order valence-electron chi connectivity index (χ4n) is 8.66. The zero-order chi connectivity index (χ0) is 33.5. The number of phenolic OH excluding ortho intramolecular Hbond substituents is 1. The molecule has 2 aliphatic carbocycles. The Morgan fingerprint density at radius 2 is 1.71 bits per heavy atom. The summed E-state index contributed by atoms with van der Waals surface area (Å²) in [5.74, 6) is -5.03. The van der Waals surface area contributed by atoms with Gasteiger partial charge in [0.25, 0.3) is 11.8 Å². The number of amides is 4. The molecule has 4 aromatic rings. The second-order valence-electron chi connectivity index (χ2n) is 12.8. The molecule has 4 amide bonds. The maximum Gasteiger partial charge on any atom is 0.260 e. The first-order chi connectivity index (χ1) is 23.1. The van der Waals surface area contributed by atoms with Crippen LogP contribution < -0.4 is 15.5 Å². The third kappa shape index (κ3) is 4.23. The lowest BCUT2D eigenvalue weighted by Crippen LogP contribution is -2.53. The minimum Gasteiger partial charge on any atom is -0.508 e. The maximum atomic E-state index is 15.4. The lowest BCUT2D eigenvalue weighted by molar-refractivity contribution is -0.138. The van der Waals surface area contributed by atoms with E-state index in [2.05, 4.69) is 10.7 Å². The predicted octanol–water partition coefficient (Wildman–Crippen LogP) is 6.13. The number of aromatic hydroxyl groups is 1. The molecular weight excluding hydrogens is 653 g/mol. The van der Waals surface area contributed by atoms with Gasteiger partial charge in [0.05, 0.1) is 41.0 Å². The van der Waals surface area contributed by atoms with Gasteiger partial charge in [-0.25, -0.2) is 0 Å². The molecule has 1 saturated carbocycles. The van der Waals surface area contributed by atoms with Crippen molar-refractivity contribution in [1.82, 2.24) is 10.3 Å². The third-order valence-corrected chi connectivity index (χ3v) is 11.2. The SMILES string of the molecule is COc1ccc([C@@]23C(=O)N(Nc4ccc(Cl)cc4Cl)C(=O)[C@@H]2C[C@@H]2C(=CC[C@@H]4C(=O)NC(=O)[C@@H]42)[C@@H]3c2c(O)ccc3ccccc23)cc1. The van der Waals surface area contributed by atoms with Crippen LogP contribution in [0.4, 0.5) is 5.69 Å². The molecule has 4 aliphatic rings. The molecule has 2 heterocycles. The van der Waals surface area contributed by atoms with E-state index in [1.54, 1.807) is 55.6 Å². The number of imide groups is 2. The molecule has 2 saturated heterocycles. The summed E-state index contributed by atoms with van der Waals surface area (Å²) in [7, 11) is 1.54. The summed E-state index contributed by atoms with van der Waals surface area (Å²) in [6, 6.07) is 22.7. The number of allylic oxidation sites excluding steroid dienone is 2. The number of phenols is 1. The molecule has 242 valence electrons. The molecule has 4 aromatic carbocycles. The van der Waals surface area contributed by atoms with Crippen molar-refractivity contribution in [2.45, 2.75) is 24.2 Å². The first-order valence-corrected chi connectivity index (χ1v) is 16.4. The average Bonchev–Trinajstić information content (AvgIpc) is 3.50. The predicted molar refractivity (Wildman–Crippen MR) is 179 cm³/mol. The molecule has 3 fully saturated rings. The molecule has 11 heteroatoms. The molecule has 0 spiro atoms. The Kier molecular flexibility index (Phi) is 7.05. The molecule has 2 aliphatic heterocycles. The van der Waals surface area contributed by atoms with Gasteiger partial charge in [-0.15, -0.1) is 0 Å². The van der Waals surface area contributed by atoms with Crippen LogP contribution in [-0.2, 0) is 24.6 Å². The third-order valence-electron chi connectivity index (χ3n) is 10.7. The van der Waals surface area contributed by atoms with E-state index >= 15 is 4.79 Å². The van der Waals surface area contributed by atoms with Crippen molar-refractivity contribution in [3.05, 3.63) is 112 Å². The van der Waals surface area contributed by atoms with Crippen molar-refractivity contribution < 1.29 is 29.0 Å². The molecule has 6 atom stereocenters. The Bertz CT molecular complexity index is 2100. The Morgan fingerprint density at radius 3 is 2.46 bits per heavy atom. The molecule has 0 unspecified atom stereocenters. The highest BCUT2D eigenvalue weighted by Crippen LogP contribution is 2.65. The highest BCUT2D eigenvalue weighted by molar-refractivity contribution is 6.36. The number of anilines is 1. The quantitative estimate of drug-likeness (QED) is 0.171. The van der Waals surface area contributed by atoms with Gasteiger partial charge >= 0.3 is 0 Å². The second kappa shape index (κ2) is 11.1. The standard InChI is InChI=1S/C37H29Cl2N3O6/c1-48-21-10-7-19(8-11-21)37-26(35(46)42(36(37)47)41-28-14-9-20(38)16-27(28)39)17-25-23(12-13-24-30(25)34(45)40-33(24)44)32(37)31-22-5-3-2-4-18(22)6-15-29(31)43/h2-12,14-16,24-26,30,32,41,43H,13,17H2,1H3,(H,40,44,45)/t24-,25+,26-,30-,32+,37+/m0/s1. The number of benzene rings is 4. The molecule has 0 aromatic heterocycles. The van der Waals surface area contributed by atoms with Crippen LogP contribution in [0.5, 0.6) is 11.5 Å². The van der Waals surface area contributed by atoms with Crippen molar-refractivity contribution >= 4 is 63.3 Å². The normalized spacial score (nSPS) is 27.7. The number of nitrogens with one attached hydrogen (secondary N) is 2. The molecule has 0 radical (unpaired) electrons. The van der Waals surface area contributed by atoms with Gasteiger partial charge in [-0.3, -0.25) is 29.9 Å². The maximum absolute atomic E-state index is 15.4. The van der Waals surface area contributed by atoms with Gasteiger partial charge in [-0.1, -0.05) is 77.3 Å². The van der Waals surface area contributed by atoms with Crippen LogP contribution in [0.2, 0.25) is 10.0 Å². The van der Waals surface area contributed by atoms with Gasteiger partial charge in [0.2, 0.25) is 11.8 Å². The highest BCUT2D eigenvalue weighted by atomic mass is 35.5. The van der Waals surface area contributed by atoms with Crippen LogP contribution >= 0.6 is 23.2 Å². The van der Waals surface area contributed by atoms with Gasteiger partial charge in [0, 0.05) is 16.5 Å². The van der Waals surface area contributed by atoms with E-state index in [4.69, 9.17) is 27.9 Å². The van der Waals surface area contributed by atoms with Crippen LogP contribution in [0.25, 0.3) is 10.8 Å². The number of fused-ring (bicyclic) bond motifs is 5. The fraction of sp³-hybridized carbons (Fsp3) is 0.243. The number of hydrazine groups is 1. The first-order valence-electron chi connectivity index (χ1n) is 15.6. The number of nitrogens with zero attached hydrogens (tertiary/aromatic N) is 1. The number of halogens is 2.